The molecule has 2 aromatic rings. The van der Waals surface area contributed by atoms with E-state index in [0.717, 1.165) is 70.4 Å². The molecule has 41 heavy (non-hydrogen) atoms. The summed E-state index contributed by atoms with van der Waals surface area (Å²) in [4.78, 5) is 31.6. The standard InChI is InChI=1S/C32H38F3N3O2.ClH/c33-32(34,35)25-10-8-23(9-11-25)21-38-17-14-31(30(38)40)12-15-37(16-13-31)29(28(39)18-22-6-7-22)27-20-36-19-26(27)24-4-2-1-3-5-24;/h1-5,8-11,22,26-27,29,36H,6-7,12-21H2;1H/t26-,27-,29?;/m1./s1. The lowest BCUT2D eigenvalue weighted by molar-refractivity contribution is -0.140. The molecule has 3 heterocycles. The lowest BCUT2D eigenvalue weighted by Gasteiger charge is -2.44. The average Bonchev–Trinajstić information content (AvgIpc) is 3.55. The number of likely N-dealkylation sites (tertiary alicyclic amines) is 2. The third-order valence-corrected chi connectivity index (χ3v) is 9.82. The molecule has 1 spiro atoms. The Labute approximate surface area is 246 Å². The van der Waals surface area contributed by atoms with Crippen LogP contribution in [0, 0.1) is 17.3 Å². The summed E-state index contributed by atoms with van der Waals surface area (Å²) in [5, 5.41) is 3.56. The van der Waals surface area contributed by atoms with E-state index in [9.17, 15) is 22.8 Å². The number of hydrogen-bond donors (Lipinski definition) is 1. The van der Waals surface area contributed by atoms with Gasteiger partial charge in [-0.25, -0.2) is 0 Å². The molecule has 0 radical (unpaired) electrons. The summed E-state index contributed by atoms with van der Waals surface area (Å²) in [5.74, 6) is 1.49. The number of Topliss-reactive ketones (excluding diaryl/α,β-unsaturated/α-hetero) is 1. The van der Waals surface area contributed by atoms with E-state index in [1.807, 2.05) is 6.07 Å². The number of alkyl halides is 3. The summed E-state index contributed by atoms with van der Waals surface area (Å²) in [6.07, 6.45) is 0.791. The fraction of sp³-hybridized carbons (Fsp3) is 0.562. The Morgan fingerprint density at radius 3 is 2.24 bits per heavy atom. The van der Waals surface area contributed by atoms with E-state index >= 15 is 0 Å². The van der Waals surface area contributed by atoms with Gasteiger partial charge in [0.15, 0.2) is 5.78 Å². The second-order valence-corrected chi connectivity index (χ2v) is 12.4. The summed E-state index contributed by atoms with van der Waals surface area (Å²) >= 11 is 0. The van der Waals surface area contributed by atoms with Crippen LogP contribution in [0.2, 0.25) is 0 Å². The highest BCUT2D eigenvalue weighted by molar-refractivity contribution is 5.86. The Bertz CT molecular complexity index is 1210. The van der Waals surface area contributed by atoms with Crippen molar-refractivity contribution in [1.82, 2.24) is 15.1 Å². The van der Waals surface area contributed by atoms with Crippen LogP contribution in [0.4, 0.5) is 13.2 Å². The number of amides is 1. The highest BCUT2D eigenvalue weighted by Gasteiger charge is 2.51. The van der Waals surface area contributed by atoms with Gasteiger partial charge >= 0.3 is 6.18 Å². The van der Waals surface area contributed by atoms with E-state index in [-0.39, 0.29) is 36.2 Å². The minimum atomic E-state index is -4.37. The average molecular weight is 590 g/mol. The fourth-order valence-corrected chi connectivity index (χ4v) is 7.29. The number of hydrogen-bond acceptors (Lipinski definition) is 4. The second-order valence-electron chi connectivity index (χ2n) is 12.4. The lowest BCUT2D eigenvalue weighted by Crippen LogP contribution is -2.54. The molecular formula is C32H39ClF3N3O2. The van der Waals surface area contributed by atoms with E-state index < -0.39 is 17.2 Å². The van der Waals surface area contributed by atoms with Gasteiger partial charge in [0.25, 0.3) is 0 Å². The molecule has 1 amide bonds. The van der Waals surface area contributed by atoms with Crippen LogP contribution < -0.4 is 5.32 Å². The first kappa shape index (κ1) is 30.1. The molecule has 1 N–H and O–H groups in total. The topological polar surface area (TPSA) is 52.7 Å². The summed E-state index contributed by atoms with van der Waals surface area (Å²) in [6, 6.07) is 15.5. The maximum Gasteiger partial charge on any atom is 0.416 e. The smallest absolute Gasteiger partial charge is 0.338 e. The molecule has 6 rings (SSSR count). The van der Waals surface area contributed by atoms with Crippen LogP contribution in [0.25, 0.3) is 0 Å². The number of ketones is 1. The normalized spacial score (nSPS) is 25.3. The highest BCUT2D eigenvalue weighted by Crippen LogP contribution is 2.45. The Morgan fingerprint density at radius 2 is 1.61 bits per heavy atom. The molecule has 0 aromatic heterocycles. The third kappa shape index (κ3) is 6.35. The molecule has 4 aliphatic rings. The number of halogens is 4. The lowest BCUT2D eigenvalue weighted by atomic mass is 9.74. The van der Waals surface area contributed by atoms with Crippen LogP contribution in [0.15, 0.2) is 54.6 Å². The van der Waals surface area contributed by atoms with Gasteiger partial charge in [0.2, 0.25) is 5.91 Å². The molecule has 5 nitrogen and oxygen atoms in total. The molecule has 1 saturated carbocycles. The second kappa shape index (κ2) is 12.1. The molecule has 3 saturated heterocycles. The maximum absolute atomic E-state index is 13.8. The highest BCUT2D eigenvalue weighted by atomic mass is 35.5. The van der Waals surface area contributed by atoms with Crippen molar-refractivity contribution in [2.45, 2.75) is 63.2 Å². The Balaban J connectivity index is 0.00000337. The van der Waals surface area contributed by atoms with Gasteiger partial charge in [0.05, 0.1) is 17.0 Å². The van der Waals surface area contributed by atoms with E-state index in [0.29, 0.717) is 36.8 Å². The van der Waals surface area contributed by atoms with Gasteiger partial charge in [0, 0.05) is 44.4 Å². The summed E-state index contributed by atoms with van der Waals surface area (Å²) in [7, 11) is 0. The number of carbonyl (C=O) groups excluding carboxylic acids is 2. The molecule has 3 aliphatic heterocycles. The van der Waals surface area contributed by atoms with Crippen molar-refractivity contribution in [2.24, 2.45) is 17.3 Å². The van der Waals surface area contributed by atoms with Gasteiger partial charge in [-0.05, 0) is 74.4 Å². The van der Waals surface area contributed by atoms with Gasteiger partial charge in [0.1, 0.15) is 0 Å². The van der Waals surface area contributed by atoms with Crippen molar-refractivity contribution >= 4 is 24.1 Å². The largest absolute Gasteiger partial charge is 0.416 e. The molecule has 1 unspecified atom stereocenters. The molecule has 2 aromatic carbocycles. The molecule has 9 heteroatoms. The molecule has 222 valence electrons. The van der Waals surface area contributed by atoms with Gasteiger partial charge in [-0.15, -0.1) is 12.4 Å². The van der Waals surface area contributed by atoms with Crippen LogP contribution in [-0.2, 0) is 22.3 Å². The number of rotatable bonds is 8. The van der Waals surface area contributed by atoms with E-state index in [2.05, 4.69) is 34.5 Å². The Morgan fingerprint density at radius 1 is 0.951 bits per heavy atom. The summed E-state index contributed by atoms with van der Waals surface area (Å²) in [6.45, 7) is 4.08. The Hall–Kier alpha value is -2.42. The van der Waals surface area contributed by atoms with E-state index in [1.54, 1.807) is 4.90 Å². The van der Waals surface area contributed by atoms with Crippen LogP contribution in [0.1, 0.15) is 61.1 Å². The van der Waals surface area contributed by atoms with Crippen molar-refractivity contribution in [3.05, 3.63) is 71.3 Å². The van der Waals surface area contributed by atoms with Crippen LogP contribution >= 0.6 is 12.4 Å². The summed E-state index contributed by atoms with van der Waals surface area (Å²) in [5.41, 5.74) is 0.882. The quantitative estimate of drug-likeness (QED) is 0.430. The van der Waals surface area contributed by atoms with Crippen LogP contribution in [0.3, 0.4) is 0 Å². The minimum Gasteiger partial charge on any atom is -0.338 e. The van der Waals surface area contributed by atoms with Crippen molar-refractivity contribution in [3.63, 3.8) is 0 Å². The zero-order valence-electron chi connectivity index (χ0n) is 23.2. The predicted octanol–water partition coefficient (Wildman–Crippen LogP) is 5.68. The van der Waals surface area contributed by atoms with E-state index in [1.165, 1.54) is 17.7 Å². The summed E-state index contributed by atoms with van der Waals surface area (Å²) < 4.78 is 38.8. The first-order valence-corrected chi connectivity index (χ1v) is 14.7. The fourth-order valence-electron chi connectivity index (χ4n) is 7.29. The number of piperidine rings is 1. The Kier molecular flexibility index (Phi) is 8.84. The third-order valence-electron chi connectivity index (χ3n) is 9.82. The van der Waals surface area contributed by atoms with Gasteiger partial charge in [-0.1, -0.05) is 42.5 Å². The molecular weight excluding hydrogens is 551 g/mol. The van der Waals surface area contributed by atoms with Crippen molar-refractivity contribution < 1.29 is 22.8 Å². The maximum atomic E-state index is 13.8. The SMILES string of the molecule is Cl.O=C(CC1CC1)C([C@@H]1CNC[C@@H]1c1ccccc1)N1CCC2(CCN(Cc3ccc(C(F)(F)F)cc3)C2=O)CC1. The van der Waals surface area contributed by atoms with Gasteiger partial charge in [-0.3, -0.25) is 14.5 Å². The monoisotopic (exact) mass is 589 g/mol. The van der Waals surface area contributed by atoms with Crippen LogP contribution in [0.5, 0.6) is 0 Å². The number of nitrogens with one attached hydrogen (secondary N) is 1. The predicted molar refractivity (Wildman–Crippen MR) is 154 cm³/mol. The number of carbonyl (C=O) groups is 2. The van der Waals surface area contributed by atoms with Gasteiger partial charge < -0.3 is 10.2 Å². The van der Waals surface area contributed by atoms with Crippen molar-refractivity contribution in [2.75, 3.05) is 32.7 Å². The van der Waals surface area contributed by atoms with Gasteiger partial charge in [-0.2, -0.15) is 13.2 Å². The molecule has 0 bridgehead atoms. The first-order chi connectivity index (χ1) is 19.2. The molecule has 1 aliphatic carbocycles. The molecule has 3 atom stereocenters. The van der Waals surface area contributed by atoms with E-state index in [4.69, 9.17) is 0 Å². The van der Waals surface area contributed by atoms with Crippen molar-refractivity contribution in [1.29, 1.82) is 0 Å². The number of nitrogens with zero attached hydrogens (tertiary/aromatic N) is 2. The van der Waals surface area contributed by atoms with Crippen LogP contribution in [-0.4, -0.2) is 60.3 Å². The minimum absolute atomic E-state index is 0. The number of benzene rings is 2. The zero-order chi connectivity index (χ0) is 27.9. The first-order valence-electron chi connectivity index (χ1n) is 14.7. The zero-order valence-corrected chi connectivity index (χ0v) is 24.1. The van der Waals surface area contributed by atoms with Crippen molar-refractivity contribution in [3.8, 4) is 0 Å². The molecule has 4 fully saturated rings.